The quantitative estimate of drug-likeness (QED) is 0.652. The van der Waals surface area contributed by atoms with Crippen LogP contribution in [-0.2, 0) is 24.3 Å². The minimum atomic E-state index is -3.66. The van der Waals surface area contributed by atoms with Crippen molar-refractivity contribution >= 4 is 45.0 Å². The van der Waals surface area contributed by atoms with Gasteiger partial charge in [0.25, 0.3) is 15.9 Å². The zero-order valence-corrected chi connectivity index (χ0v) is 17.3. The van der Waals surface area contributed by atoms with Gasteiger partial charge in [0, 0.05) is 5.56 Å². The number of sulfonamides is 1. The predicted octanol–water partition coefficient (Wildman–Crippen LogP) is 2.48. The first-order chi connectivity index (χ1) is 14.2. The zero-order chi connectivity index (χ0) is 21.9. The molecule has 3 rings (SSSR count). The Bertz CT molecular complexity index is 1140. The number of esters is 1. The van der Waals surface area contributed by atoms with Crippen molar-refractivity contribution in [3.63, 3.8) is 0 Å². The molecule has 1 heterocycles. The molecule has 8 nitrogen and oxygen atoms in total. The van der Waals surface area contributed by atoms with E-state index in [9.17, 15) is 22.4 Å². The zero-order valence-electron chi connectivity index (χ0n) is 15.7. The number of amidine groups is 1. The highest BCUT2D eigenvalue weighted by atomic mass is 35.5. The highest BCUT2D eigenvalue weighted by Gasteiger charge is 2.30. The third kappa shape index (κ3) is 4.95. The van der Waals surface area contributed by atoms with Crippen molar-refractivity contribution in [1.82, 2.24) is 4.72 Å². The molecule has 0 fully saturated rings. The third-order valence-corrected chi connectivity index (χ3v) is 5.82. The number of hydrogen-bond acceptors (Lipinski definition) is 6. The summed E-state index contributed by atoms with van der Waals surface area (Å²) in [5.74, 6) is -1.73. The lowest BCUT2D eigenvalue weighted by molar-refractivity contribution is -0.152. The van der Waals surface area contributed by atoms with Crippen LogP contribution in [0.2, 0.25) is 5.02 Å². The lowest BCUT2D eigenvalue weighted by Crippen LogP contribution is -2.30. The SMILES string of the molecule is C[C@H](OC(=O)CCN=C1NS(=O)(=O)c2ccccc21)C(=O)Nc1ccc(F)cc1Cl. The molecule has 2 N–H and O–H groups in total. The first-order valence-corrected chi connectivity index (χ1v) is 10.7. The Balaban J connectivity index is 1.53. The fourth-order valence-electron chi connectivity index (χ4n) is 2.65. The molecule has 30 heavy (non-hydrogen) atoms. The van der Waals surface area contributed by atoms with E-state index in [4.69, 9.17) is 16.3 Å². The van der Waals surface area contributed by atoms with Gasteiger partial charge in [0.1, 0.15) is 11.7 Å². The Morgan fingerprint density at radius 1 is 1.27 bits per heavy atom. The van der Waals surface area contributed by atoms with E-state index in [0.717, 1.165) is 12.1 Å². The van der Waals surface area contributed by atoms with Gasteiger partial charge in [-0.15, -0.1) is 0 Å². The van der Waals surface area contributed by atoms with Crippen LogP contribution in [0, 0.1) is 5.82 Å². The second kappa shape index (κ2) is 8.80. The van der Waals surface area contributed by atoms with Crippen LogP contribution in [0.3, 0.4) is 0 Å². The summed E-state index contributed by atoms with van der Waals surface area (Å²) in [4.78, 5) is 28.3. The maximum atomic E-state index is 13.1. The molecule has 1 atom stereocenters. The van der Waals surface area contributed by atoms with E-state index in [1.54, 1.807) is 18.2 Å². The molecule has 0 bridgehead atoms. The Hall–Kier alpha value is -2.98. The Labute approximate surface area is 177 Å². The molecular formula is C19H17ClFN3O5S. The molecule has 1 aliphatic rings. The molecule has 0 unspecified atom stereocenters. The second-order valence-electron chi connectivity index (χ2n) is 6.33. The molecule has 1 aliphatic heterocycles. The summed E-state index contributed by atoms with van der Waals surface area (Å²) in [5, 5.41) is 2.46. The van der Waals surface area contributed by atoms with Crippen LogP contribution in [0.1, 0.15) is 18.9 Å². The van der Waals surface area contributed by atoms with E-state index in [1.165, 1.54) is 19.1 Å². The van der Waals surface area contributed by atoms with Crippen molar-refractivity contribution in [2.75, 3.05) is 11.9 Å². The van der Waals surface area contributed by atoms with Gasteiger partial charge in [-0.1, -0.05) is 23.7 Å². The number of ether oxygens (including phenoxy) is 1. The number of hydrogen-bond donors (Lipinski definition) is 2. The highest BCUT2D eigenvalue weighted by Crippen LogP contribution is 2.23. The average Bonchev–Trinajstić information content (AvgIpc) is 2.94. The lowest BCUT2D eigenvalue weighted by atomic mass is 10.2. The van der Waals surface area contributed by atoms with E-state index in [2.05, 4.69) is 15.0 Å². The van der Waals surface area contributed by atoms with E-state index < -0.39 is 33.8 Å². The van der Waals surface area contributed by atoms with E-state index in [1.807, 2.05) is 0 Å². The normalized spacial score (nSPS) is 16.4. The number of carbonyl (C=O) groups is 2. The summed E-state index contributed by atoms with van der Waals surface area (Å²) in [6, 6.07) is 9.82. The topological polar surface area (TPSA) is 114 Å². The summed E-state index contributed by atoms with van der Waals surface area (Å²) in [6.45, 7) is 1.33. The molecule has 1 amide bonds. The molecule has 0 saturated heterocycles. The molecule has 0 aliphatic carbocycles. The average molecular weight is 454 g/mol. The number of nitrogens with one attached hydrogen (secondary N) is 2. The Morgan fingerprint density at radius 2 is 2.00 bits per heavy atom. The summed E-state index contributed by atoms with van der Waals surface area (Å²) >= 11 is 5.84. The lowest BCUT2D eigenvalue weighted by Gasteiger charge is -2.14. The van der Waals surface area contributed by atoms with Gasteiger partial charge in [0.2, 0.25) is 0 Å². The van der Waals surface area contributed by atoms with Gasteiger partial charge in [-0.25, -0.2) is 12.8 Å². The van der Waals surface area contributed by atoms with Crippen LogP contribution in [0.25, 0.3) is 0 Å². The predicted molar refractivity (Wildman–Crippen MR) is 108 cm³/mol. The number of carbonyl (C=O) groups excluding carboxylic acids is 2. The number of nitrogens with zero attached hydrogens (tertiary/aromatic N) is 1. The summed E-state index contributed by atoms with van der Waals surface area (Å²) in [7, 11) is -3.66. The maximum Gasteiger partial charge on any atom is 0.308 e. The maximum absolute atomic E-state index is 13.1. The number of halogens is 2. The van der Waals surface area contributed by atoms with Crippen molar-refractivity contribution in [3.05, 3.63) is 58.9 Å². The van der Waals surface area contributed by atoms with E-state index in [-0.39, 0.29) is 34.4 Å². The summed E-state index contributed by atoms with van der Waals surface area (Å²) in [5.41, 5.74) is 0.610. The summed E-state index contributed by atoms with van der Waals surface area (Å²) < 4.78 is 44.5. The largest absolute Gasteiger partial charge is 0.452 e. The van der Waals surface area contributed by atoms with Gasteiger partial charge < -0.3 is 10.1 Å². The number of amides is 1. The van der Waals surface area contributed by atoms with Gasteiger partial charge in [0.05, 0.1) is 28.6 Å². The molecule has 0 radical (unpaired) electrons. The molecular weight excluding hydrogens is 437 g/mol. The van der Waals surface area contributed by atoms with Crippen molar-refractivity contribution in [3.8, 4) is 0 Å². The number of rotatable bonds is 6. The van der Waals surface area contributed by atoms with Crippen molar-refractivity contribution in [1.29, 1.82) is 0 Å². The number of fused-ring (bicyclic) bond motifs is 1. The van der Waals surface area contributed by atoms with E-state index in [0.29, 0.717) is 5.56 Å². The standard InChI is InChI=1S/C19H17ClFN3O5S/c1-11(19(26)23-15-7-6-12(21)10-14(15)20)29-17(25)8-9-22-18-13-4-2-3-5-16(13)30(27,28)24-18/h2-7,10-11H,8-9H2,1H3,(H,22,24)(H,23,26)/t11-/m0/s1. The fourth-order valence-corrected chi connectivity index (χ4v) is 4.11. The molecule has 2 aromatic carbocycles. The third-order valence-electron chi connectivity index (χ3n) is 4.12. The van der Waals surface area contributed by atoms with Crippen LogP contribution in [-0.4, -0.2) is 38.8 Å². The first-order valence-electron chi connectivity index (χ1n) is 8.79. The van der Waals surface area contributed by atoms with Gasteiger partial charge in [-0.05, 0) is 37.3 Å². The van der Waals surface area contributed by atoms with Crippen LogP contribution < -0.4 is 10.0 Å². The highest BCUT2D eigenvalue weighted by molar-refractivity contribution is 7.90. The molecule has 0 spiro atoms. The molecule has 0 aromatic heterocycles. The van der Waals surface area contributed by atoms with Gasteiger partial charge >= 0.3 is 5.97 Å². The number of benzene rings is 2. The molecule has 11 heteroatoms. The first kappa shape index (κ1) is 21.7. The smallest absolute Gasteiger partial charge is 0.308 e. The molecule has 158 valence electrons. The van der Waals surface area contributed by atoms with Crippen LogP contribution in [0.4, 0.5) is 10.1 Å². The van der Waals surface area contributed by atoms with Gasteiger partial charge in [-0.2, -0.15) is 0 Å². The Kier molecular flexibility index (Phi) is 6.37. The summed E-state index contributed by atoms with van der Waals surface area (Å²) in [6.07, 6.45) is -1.29. The Morgan fingerprint density at radius 3 is 2.73 bits per heavy atom. The van der Waals surface area contributed by atoms with Gasteiger partial charge in [-0.3, -0.25) is 19.3 Å². The van der Waals surface area contributed by atoms with Gasteiger partial charge in [0.15, 0.2) is 6.10 Å². The van der Waals surface area contributed by atoms with Crippen molar-refractivity contribution in [2.24, 2.45) is 4.99 Å². The van der Waals surface area contributed by atoms with Crippen molar-refractivity contribution in [2.45, 2.75) is 24.3 Å². The van der Waals surface area contributed by atoms with Crippen LogP contribution >= 0.6 is 11.6 Å². The fraction of sp³-hybridized carbons (Fsp3) is 0.211. The second-order valence-corrected chi connectivity index (χ2v) is 8.39. The van der Waals surface area contributed by atoms with E-state index >= 15 is 0 Å². The minimum Gasteiger partial charge on any atom is -0.452 e. The van der Waals surface area contributed by atoms with Crippen molar-refractivity contribution < 1.29 is 27.1 Å². The minimum absolute atomic E-state index is 0.0111. The number of aliphatic imine (C=N–C) groups is 1. The molecule has 2 aromatic rings. The monoisotopic (exact) mass is 453 g/mol. The van der Waals surface area contributed by atoms with Crippen LogP contribution in [0.15, 0.2) is 52.4 Å². The molecule has 0 saturated carbocycles. The van der Waals surface area contributed by atoms with Crippen LogP contribution in [0.5, 0.6) is 0 Å². The number of anilines is 1.